The van der Waals surface area contributed by atoms with E-state index in [0.717, 1.165) is 6.42 Å². The molecule has 46 valence electrons. The molecule has 8 heavy (non-hydrogen) atoms. The quantitative estimate of drug-likeness (QED) is 0.274. The number of aliphatic imine (C=N–C) groups is 1. The fourth-order valence-electron chi connectivity index (χ4n) is 0.174. The van der Waals surface area contributed by atoms with Crippen LogP contribution in [0.1, 0.15) is 20.3 Å². The summed E-state index contributed by atoms with van der Waals surface area (Å²) in [5.74, 6) is 0. The maximum Gasteiger partial charge on any atom is 0.236 e. The van der Waals surface area contributed by atoms with E-state index < -0.39 is 4.45 Å². The highest BCUT2D eigenvalue weighted by atomic mass is 79.9. The molecule has 0 fully saturated rings. The second kappa shape index (κ2) is 3.00. The summed E-state index contributed by atoms with van der Waals surface area (Å²) < 4.78 is -0.394. The molecule has 1 unspecified atom stereocenters. The zero-order valence-electron chi connectivity index (χ0n) is 4.94. The van der Waals surface area contributed by atoms with Gasteiger partial charge in [-0.25, -0.2) is 4.79 Å². The molecule has 0 saturated carbocycles. The standard InChI is InChI=1S/C5H8BrNO/c1-3-5(2,6)7-4-8/h3H2,1-2H3. The number of alkyl halides is 1. The molecular formula is C5H8BrNO. The first-order valence-electron chi connectivity index (χ1n) is 2.40. The lowest BCUT2D eigenvalue weighted by Crippen LogP contribution is -2.08. The molecule has 0 amide bonds. The largest absolute Gasteiger partial charge is 0.236 e. The second-order valence-electron chi connectivity index (χ2n) is 1.70. The summed E-state index contributed by atoms with van der Waals surface area (Å²) in [4.78, 5) is 13.1. The summed E-state index contributed by atoms with van der Waals surface area (Å²) >= 11 is 3.21. The van der Waals surface area contributed by atoms with Gasteiger partial charge in [-0.1, -0.05) is 22.9 Å². The summed E-state index contributed by atoms with van der Waals surface area (Å²) in [6.45, 7) is 3.76. The van der Waals surface area contributed by atoms with Crippen LogP contribution in [0, 0.1) is 0 Å². The third-order valence-electron chi connectivity index (χ3n) is 0.924. The van der Waals surface area contributed by atoms with Gasteiger partial charge in [0.1, 0.15) is 4.45 Å². The summed E-state index contributed by atoms with van der Waals surface area (Å²) in [6.07, 6.45) is 2.28. The average Bonchev–Trinajstić information content (AvgIpc) is 1.67. The number of halogens is 1. The summed E-state index contributed by atoms with van der Waals surface area (Å²) in [5.41, 5.74) is 0. The summed E-state index contributed by atoms with van der Waals surface area (Å²) in [6, 6.07) is 0. The molecule has 1 atom stereocenters. The summed E-state index contributed by atoms with van der Waals surface area (Å²) in [5, 5.41) is 0. The molecule has 0 aromatic carbocycles. The van der Waals surface area contributed by atoms with Crippen LogP contribution < -0.4 is 0 Å². The fraction of sp³-hybridized carbons (Fsp3) is 0.800. The van der Waals surface area contributed by atoms with E-state index in [4.69, 9.17) is 0 Å². The van der Waals surface area contributed by atoms with Gasteiger partial charge in [-0.3, -0.25) is 0 Å². The van der Waals surface area contributed by atoms with E-state index in [1.165, 1.54) is 6.08 Å². The van der Waals surface area contributed by atoms with Gasteiger partial charge in [0.25, 0.3) is 0 Å². The van der Waals surface area contributed by atoms with Crippen molar-refractivity contribution in [2.75, 3.05) is 0 Å². The van der Waals surface area contributed by atoms with E-state index >= 15 is 0 Å². The third kappa shape index (κ3) is 2.94. The van der Waals surface area contributed by atoms with Crippen LogP contribution >= 0.6 is 15.9 Å². The van der Waals surface area contributed by atoms with Gasteiger partial charge in [0, 0.05) is 0 Å². The molecule has 3 heteroatoms. The Morgan fingerprint density at radius 2 is 2.38 bits per heavy atom. The van der Waals surface area contributed by atoms with Gasteiger partial charge in [0.2, 0.25) is 6.08 Å². The minimum atomic E-state index is -0.394. The van der Waals surface area contributed by atoms with E-state index in [1.54, 1.807) is 0 Å². The highest BCUT2D eigenvalue weighted by Crippen LogP contribution is 2.21. The third-order valence-corrected chi connectivity index (χ3v) is 1.66. The first kappa shape index (κ1) is 7.86. The Balaban J connectivity index is 3.90. The molecule has 0 aliphatic heterocycles. The lowest BCUT2D eigenvalue weighted by Gasteiger charge is -2.09. The molecular weight excluding hydrogens is 170 g/mol. The minimum Gasteiger partial charge on any atom is -0.211 e. The van der Waals surface area contributed by atoms with Crippen molar-refractivity contribution in [1.82, 2.24) is 0 Å². The Labute approximate surface area is 57.1 Å². The van der Waals surface area contributed by atoms with Crippen LogP contribution in [0.3, 0.4) is 0 Å². The van der Waals surface area contributed by atoms with Gasteiger partial charge in [-0.15, -0.1) is 0 Å². The molecule has 0 radical (unpaired) electrons. The first-order valence-corrected chi connectivity index (χ1v) is 3.19. The maximum absolute atomic E-state index is 9.66. The Morgan fingerprint density at radius 3 is 2.50 bits per heavy atom. The molecule has 0 spiro atoms. The maximum atomic E-state index is 9.66. The van der Waals surface area contributed by atoms with Gasteiger partial charge >= 0.3 is 0 Å². The number of hydrogen-bond donors (Lipinski definition) is 0. The van der Waals surface area contributed by atoms with Gasteiger partial charge in [-0.05, 0) is 13.3 Å². The number of nitrogens with zero attached hydrogens (tertiary/aromatic N) is 1. The minimum absolute atomic E-state index is 0.394. The number of hydrogen-bond acceptors (Lipinski definition) is 2. The van der Waals surface area contributed by atoms with Crippen molar-refractivity contribution in [3.63, 3.8) is 0 Å². The lowest BCUT2D eigenvalue weighted by molar-refractivity contribution is 0.553. The molecule has 0 N–H and O–H groups in total. The predicted molar refractivity (Wildman–Crippen MR) is 35.7 cm³/mol. The van der Waals surface area contributed by atoms with Crippen molar-refractivity contribution < 1.29 is 4.79 Å². The van der Waals surface area contributed by atoms with Gasteiger partial charge in [-0.2, -0.15) is 4.99 Å². The molecule has 0 aliphatic rings. The predicted octanol–water partition coefficient (Wildman–Crippen LogP) is 1.84. The zero-order chi connectivity index (χ0) is 6.62. The van der Waals surface area contributed by atoms with Crippen LogP contribution in [-0.2, 0) is 4.79 Å². The first-order chi connectivity index (χ1) is 3.62. The van der Waals surface area contributed by atoms with Gasteiger partial charge in [0.05, 0.1) is 0 Å². The Morgan fingerprint density at radius 1 is 1.88 bits per heavy atom. The van der Waals surface area contributed by atoms with E-state index in [2.05, 4.69) is 20.9 Å². The number of isocyanates is 1. The number of carbonyl (C=O) groups excluding carboxylic acids is 1. The summed E-state index contributed by atoms with van der Waals surface area (Å²) in [7, 11) is 0. The van der Waals surface area contributed by atoms with Crippen molar-refractivity contribution in [2.24, 2.45) is 4.99 Å². The van der Waals surface area contributed by atoms with E-state index in [-0.39, 0.29) is 0 Å². The molecule has 0 bridgehead atoms. The van der Waals surface area contributed by atoms with Crippen molar-refractivity contribution in [3.8, 4) is 0 Å². The van der Waals surface area contributed by atoms with E-state index in [0.29, 0.717) is 0 Å². The average molecular weight is 178 g/mol. The van der Waals surface area contributed by atoms with Crippen LogP contribution in [0.15, 0.2) is 4.99 Å². The van der Waals surface area contributed by atoms with Crippen molar-refractivity contribution in [3.05, 3.63) is 0 Å². The van der Waals surface area contributed by atoms with E-state index in [9.17, 15) is 4.79 Å². The van der Waals surface area contributed by atoms with Crippen LogP contribution in [0.2, 0.25) is 0 Å². The molecule has 0 heterocycles. The SMILES string of the molecule is CCC(C)(Br)N=C=O. The highest BCUT2D eigenvalue weighted by Gasteiger charge is 2.13. The van der Waals surface area contributed by atoms with Crippen LogP contribution in [0.5, 0.6) is 0 Å². The Bertz CT molecular complexity index is 116. The van der Waals surface area contributed by atoms with Crippen molar-refractivity contribution >= 4 is 22.0 Å². The molecule has 0 aromatic rings. The smallest absolute Gasteiger partial charge is 0.211 e. The zero-order valence-corrected chi connectivity index (χ0v) is 6.53. The van der Waals surface area contributed by atoms with E-state index in [1.807, 2.05) is 13.8 Å². The van der Waals surface area contributed by atoms with Crippen molar-refractivity contribution in [1.29, 1.82) is 0 Å². The normalized spacial score (nSPS) is 16.4. The van der Waals surface area contributed by atoms with Crippen LogP contribution in [-0.4, -0.2) is 10.5 Å². The van der Waals surface area contributed by atoms with Crippen LogP contribution in [0.4, 0.5) is 0 Å². The molecule has 2 nitrogen and oxygen atoms in total. The highest BCUT2D eigenvalue weighted by molar-refractivity contribution is 9.10. The molecule has 0 aliphatic carbocycles. The van der Waals surface area contributed by atoms with Gasteiger partial charge < -0.3 is 0 Å². The lowest BCUT2D eigenvalue weighted by atomic mass is 10.3. The monoisotopic (exact) mass is 177 g/mol. The Hall–Kier alpha value is -0.140. The molecule has 0 saturated heterocycles. The number of rotatable bonds is 2. The van der Waals surface area contributed by atoms with Gasteiger partial charge in [0.15, 0.2) is 0 Å². The Kier molecular flexibility index (Phi) is 2.95. The molecule has 0 aromatic heterocycles. The van der Waals surface area contributed by atoms with Crippen LogP contribution in [0.25, 0.3) is 0 Å². The fourth-order valence-corrected chi connectivity index (χ4v) is 0.247. The molecule has 0 rings (SSSR count). The van der Waals surface area contributed by atoms with Crippen molar-refractivity contribution in [2.45, 2.75) is 24.7 Å². The second-order valence-corrected chi connectivity index (χ2v) is 3.41. The topological polar surface area (TPSA) is 29.4 Å².